The quantitative estimate of drug-likeness (QED) is 0.863. The SMILES string of the molecule is NCC1CCCC1c1cc2cc(F)ccc2o1. The van der Waals surface area contributed by atoms with Crippen LogP contribution in [-0.2, 0) is 0 Å². The first kappa shape index (κ1) is 10.8. The summed E-state index contributed by atoms with van der Waals surface area (Å²) in [6.07, 6.45) is 3.51. The molecule has 3 heteroatoms. The van der Waals surface area contributed by atoms with Crippen molar-refractivity contribution < 1.29 is 8.81 Å². The molecule has 1 heterocycles. The number of rotatable bonds is 2. The lowest BCUT2D eigenvalue weighted by atomic mass is 9.94. The first-order valence-electron chi connectivity index (χ1n) is 6.17. The minimum Gasteiger partial charge on any atom is -0.461 e. The van der Waals surface area contributed by atoms with Gasteiger partial charge in [-0.15, -0.1) is 0 Å². The largest absolute Gasteiger partial charge is 0.461 e. The summed E-state index contributed by atoms with van der Waals surface area (Å²) in [5.74, 6) is 1.68. The first-order valence-corrected chi connectivity index (χ1v) is 6.17. The molecule has 90 valence electrons. The van der Waals surface area contributed by atoms with Crippen molar-refractivity contribution in [2.45, 2.75) is 25.2 Å². The first-order chi connectivity index (χ1) is 8.28. The summed E-state index contributed by atoms with van der Waals surface area (Å²) in [5.41, 5.74) is 6.55. The maximum absolute atomic E-state index is 13.1. The molecule has 0 saturated heterocycles. The highest BCUT2D eigenvalue weighted by Gasteiger charge is 2.30. The number of furan rings is 1. The molecule has 2 unspecified atom stereocenters. The Hall–Kier alpha value is -1.35. The fraction of sp³-hybridized carbons (Fsp3) is 0.429. The van der Waals surface area contributed by atoms with Crippen LogP contribution in [0.25, 0.3) is 11.0 Å². The number of benzene rings is 1. The van der Waals surface area contributed by atoms with E-state index in [1.54, 1.807) is 6.07 Å². The van der Waals surface area contributed by atoms with Crippen molar-refractivity contribution in [3.8, 4) is 0 Å². The van der Waals surface area contributed by atoms with Gasteiger partial charge in [0.2, 0.25) is 0 Å². The third-order valence-electron chi connectivity index (χ3n) is 3.82. The lowest BCUT2D eigenvalue weighted by molar-refractivity contribution is 0.416. The molecule has 1 saturated carbocycles. The van der Waals surface area contributed by atoms with E-state index in [4.69, 9.17) is 10.2 Å². The van der Waals surface area contributed by atoms with Gasteiger partial charge in [0.1, 0.15) is 17.2 Å². The van der Waals surface area contributed by atoms with Crippen LogP contribution in [0.1, 0.15) is 30.9 Å². The second kappa shape index (κ2) is 4.15. The van der Waals surface area contributed by atoms with Gasteiger partial charge in [-0.1, -0.05) is 6.42 Å². The summed E-state index contributed by atoms with van der Waals surface area (Å²) in [5, 5.41) is 0.850. The number of hydrogen-bond acceptors (Lipinski definition) is 2. The van der Waals surface area contributed by atoms with Gasteiger partial charge in [0.15, 0.2) is 0 Å². The minimum absolute atomic E-state index is 0.216. The van der Waals surface area contributed by atoms with E-state index < -0.39 is 0 Å². The van der Waals surface area contributed by atoms with Crippen LogP contribution in [0.4, 0.5) is 4.39 Å². The topological polar surface area (TPSA) is 39.2 Å². The van der Waals surface area contributed by atoms with Crippen molar-refractivity contribution >= 4 is 11.0 Å². The summed E-state index contributed by atoms with van der Waals surface area (Å²) >= 11 is 0. The Morgan fingerprint density at radius 1 is 1.29 bits per heavy atom. The molecule has 1 aromatic carbocycles. The second-order valence-corrected chi connectivity index (χ2v) is 4.86. The van der Waals surface area contributed by atoms with Gasteiger partial charge in [0.05, 0.1) is 0 Å². The van der Waals surface area contributed by atoms with Crippen molar-refractivity contribution in [1.82, 2.24) is 0 Å². The lowest BCUT2D eigenvalue weighted by Crippen LogP contribution is -2.16. The highest BCUT2D eigenvalue weighted by Crippen LogP contribution is 2.40. The molecule has 2 nitrogen and oxygen atoms in total. The van der Waals surface area contributed by atoms with Gasteiger partial charge in [-0.25, -0.2) is 4.39 Å². The van der Waals surface area contributed by atoms with Gasteiger partial charge in [-0.2, -0.15) is 0 Å². The van der Waals surface area contributed by atoms with Crippen molar-refractivity contribution in [2.24, 2.45) is 11.7 Å². The Kier molecular flexibility index (Phi) is 2.63. The Morgan fingerprint density at radius 3 is 3.00 bits per heavy atom. The predicted octanol–water partition coefficient (Wildman–Crippen LogP) is 3.41. The molecule has 0 bridgehead atoms. The molecule has 0 spiro atoms. The van der Waals surface area contributed by atoms with Gasteiger partial charge >= 0.3 is 0 Å². The molecule has 0 radical (unpaired) electrons. The van der Waals surface area contributed by atoms with Crippen LogP contribution < -0.4 is 5.73 Å². The van der Waals surface area contributed by atoms with Gasteiger partial charge in [0, 0.05) is 11.3 Å². The summed E-state index contributed by atoms with van der Waals surface area (Å²) < 4.78 is 18.9. The summed E-state index contributed by atoms with van der Waals surface area (Å²) in [4.78, 5) is 0. The molecule has 2 aromatic rings. The van der Waals surface area contributed by atoms with Crippen LogP contribution in [0.3, 0.4) is 0 Å². The summed E-state index contributed by atoms with van der Waals surface area (Å²) in [7, 11) is 0. The summed E-state index contributed by atoms with van der Waals surface area (Å²) in [6, 6.07) is 6.62. The van der Waals surface area contributed by atoms with E-state index in [1.165, 1.54) is 25.0 Å². The number of halogens is 1. The lowest BCUT2D eigenvalue weighted by Gasteiger charge is -2.14. The Labute approximate surface area is 99.6 Å². The van der Waals surface area contributed by atoms with Gasteiger partial charge in [0.25, 0.3) is 0 Å². The summed E-state index contributed by atoms with van der Waals surface area (Å²) in [6.45, 7) is 0.704. The van der Waals surface area contributed by atoms with Crippen molar-refractivity contribution in [1.29, 1.82) is 0 Å². The second-order valence-electron chi connectivity index (χ2n) is 4.86. The van der Waals surface area contributed by atoms with E-state index in [-0.39, 0.29) is 5.82 Å². The average Bonchev–Trinajstić information content (AvgIpc) is 2.93. The van der Waals surface area contributed by atoms with E-state index >= 15 is 0 Å². The van der Waals surface area contributed by atoms with E-state index in [9.17, 15) is 4.39 Å². The smallest absolute Gasteiger partial charge is 0.134 e. The molecule has 1 aromatic heterocycles. The molecule has 1 aliphatic rings. The van der Waals surface area contributed by atoms with Crippen LogP contribution in [-0.4, -0.2) is 6.54 Å². The third-order valence-corrected chi connectivity index (χ3v) is 3.82. The molecule has 0 aliphatic heterocycles. The van der Waals surface area contributed by atoms with Crippen LogP contribution in [0.15, 0.2) is 28.7 Å². The molecule has 2 N–H and O–H groups in total. The third kappa shape index (κ3) is 1.84. The monoisotopic (exact) mass is 233 g/mol. The molecule has 1 aliphatic carbocycles. The van der Waals surface area contributed by atoms with Gasteiger partial charge < -0.3 is 10.2 Å². The van der Waals surface area contributed by atoms with E-state index in [0.717, 1.165) is 23.2 Å². The van der Waals surface area contributed by atoms with Crippen molar-refractivity contribution in [3.05, 3.63) is 35.8 Å². The number of hydrogen-bond donors (Lipinski definition) is 1. The number of fused-ring (bicyclic) bond motifs is 1. The minimum atomic E-state index is -0.216. The highest BCUT2D eigenvalue weighted by atomic mass is 19.1. The Bertz CT molecular complexity index is 534. The molecule has 3 rings (SSSR count). The van der Waals surface area contributed by atoms with Crippen LogP contribution >= 0.6 is 0 Å². The normalized spacial score (nSPS) is 24.6. The molecule has 1 fully saturated rings. The molecule has 2 atom stereocenters. The van der Waals surface area contributed by atoms with E-state index in [2.05, 4.69) is 0 Å². The zero-order valence-corrected chi connectivity index (χ0v) is 9.66. The van der Waals surface area contributed by atoms with Gasteiger partial charge in [-0.3, -0.25) is 0 Å². The van der Waals surface area contributed by atoms with Gasteiger partial charge in [-0.05, 0) is 49.6 Å². The maximum Gasteiger partial charge on any atom is 0.134 e. The zero-order chi connectivity index (χ0) is 11.8. The average molecular weight is 233 g/mol. The van der Waals surface area contributed by atoms with E-state index in [0.29, 0.717) is 18.4 Å². The van der Waals surface area contributed by atoms with Crippen LogP contribution in [0.2, 0.25) is 0 Å². The van der Waals surface area contributed by atoms with E-state index in [1.807, 2.05) is 6.07 Å². The number of nitrogens with two attached hydrogens (primary N) is 1. The standard InChI is InChI=1S/C14H16FNO/c15-11-4-5-13-10(6-11)7-14(17-13)12-3-1-2-9(12)8-16/h4-7,9,12H,1-3,8,16H2. The van der Waals surface area contributed by atoms with Crippen LogP contribution in [0.5, 0.6) is 0 Å². The van der Waals surface area contributed by atoms with Crippen LogP contribution in [0, 0.1) is 11.7 Å². The molecule has 0 amide bonds. The van der Waals surface area contributed by atoms with Crippen molar-refractivity contribution in [3.63, 3.8) is 0 Å². The fourth-order valence-electron chi connectivity index (χ4n) is 2.91. The maximum atomic E-state index is 13.1. The molecular formula is C14H16FNO. The zero-order valence-electron chi connectivity index (χ0n) is 9.66. The molecule has 17 heavy (non-hydrogen) atoms. The Balaban J connectivity index is 2.00. The van der Waals surface area contributed by atoms with Crippen molar-refractivity contribution in [2.75, 3.05) is 6.54 Å². The Morgan fingerprint density at radius 2 is 2.18 bits per heavy atom. The highest BCUT2D eigenvalue weighted by molar-refractivity contribution is 5.78. The predicted molar refractivity (Wildman–Crippen MR) is 65.3 cm³/mol. The fourth-order valence-corrected chi connectivity index (χ4v) is 2.91. The molecular weight excluding hydrogens is 217 g/mol.